The summed E-state index contributed by atoms with van der Waals surface area (Å²) < 4.78 is 42.6. The summed E-state index contributed by atoms with van der Waals surface area (Å²) in [6, 6.07) is 0.182. The van der Waals surface area contributed by atoms with Gasteiger partial charge in [0.15, 0.2) is 5.96 Å². The van der Waals surface area contributed by atoms with E-state index in [2.05, 4.69) is 29.5 Å². The van der Waals surface area contributed by atoms with E-state index in [1.54, 1.807) is 0 Å². The van der Waals surface area contributed by atoms with Crippen LogP contribution in [0.2, 0.25) is 0 Å². The van der Waals surface area contributed by atoms with Crippen LogP contribution in [-0.2, 0) is 4.74 Å². The number of nitrogens with zero attached hydrogens (tertiary/aromatic N) is 1. The summed E-state index contributed by atoms with van der Waals surface area (Å²) in [5.74, 6) is 0.879. The van der Waals surface area contributed by atoms with E-state index in [1.165, 1.54) is 0 Å². The fourth-order valence-electron chi connectivity index (χ4n) is 3.58. The van der Waals surface area contributed by atoms with Gasteiger partial charge in [-0.2, -0.15) is 13.2 Å². The molecular weight excluding hydrogens is 295 g/mol. The van der Waals surface area contributed by atoms with Crippen molar-refractivity contribution in [3.63, 3.8) is 0 Å². The first-order chi connectivity index (χ1) is 10.3. The summed E-state index contributed by atoms with van der Waals surface area (Å²) in [6.45, 7) is 7.34. The lowest BCUT2D eigenvalue weighted by atomic mass is 9.55. The van der Waals surface area contributed by atoms with Gasteiger partial charge in [-0.05, 0) is 19.8 Å². The van der Waals surface area contributed by atoms with Crippen LogP contribution in [0.5, 0.6) is 0 Å². The Bertz CT molecular complexity index is 409. The second-order valence-corrected chi connectivity index (χ2v) is 6.67. The van der Waals surface area contributed by atoms with Crippen LogP contribution in [0, 0.1) is 11.3 Å². The summed E-state index contributed by atoms with van der Waals surface area (Å²) in [4.78, 5) is 4.06. The van der Waals surface area contributed by atoms with Crippen molar-refractivity contribution in [1.82, 2.24) is 10.6 Å². The molecule has 1 aliphatic carbocycles. The molecule has 3 unspecified atom stereocenters. The van der Waals surface area contributed by atoms with E-state index < -0.39 is 12.6 Å². The maximum absolute atomic E-state index is 12.2. The topological polar surface area (TPSA) is 45.7 Å². The van der Waals surface area contributed by atoms with Gasteiger partial charge in [0, 0.05) is 30.5 Å². The van der Waals surface area contributed by atoms with E-state index in [0.29, 0.717) is 18.4 Å². The predicted molar refractivity (Wildman–Crippen MR) is 79.8 cm³/mol. The van der Waals surface area contributed by atoms with Crippen molar-refractivity contribution in [1.29, 1.82) is 0 Å². The molecule has 4 nitrogen and oxygen atoms in total. The number of hydrogen-bond acceptors (Lipinski definition) is 2. The third-order valence-electron chi connectivity index (χ3n) is 4.63. The SMILES string of the molecule is CCNC(=NCCC(F)(F)F)NC1C2CCCOC2C1(C)C. The van der Waals surface area contributed by atoms with Gasteiger partial charge in [0.2, 0.25) is 0 Å². The van der Waals surface area contributed by atoms with Crippen LogP contribution in [0.1, 0.15) is 40.0 Å². The fourth-order valence-corrected chi connectivity index (χ4v) is 3.58. The van der Waals surface area contributed by atoms with E-state index in [4.69, 9.17) is 4.74 Å². The van der Waals surface area contributed by atoms with Gasteiger partial charge < -0.3 is 15.4 Å². The first-order valence-electron chi connectivity index (χ1n) is 7.99. The molecular formula is C15H26F3N3O. The standard InChI is InChI=1S/C15H26F3N3O/c1-4-19-13(20-8-7-15(16,17)18)21-11-10-6-5-9-22-12(10)14(11,2)3/h10-12H,4-9H2,1-3H3,(H2,19,20,21). The van der Waals surface area contributed by atoms with E-state index in [0.717, 1.165) is 19.4 Å². The molecule has 0 aromatic rings. The zero-order chi connectivity index (χ0) is 16.4. The minimum atomic E-state index is -4.17. The highest BCUT2D eigenvalue weighted by molar-refractivity contribution is 5.80. The Morgan fingerprint density at radius 1 is 1.36 bits per heavy atom. The Morgan fingerprint density at radius 3 is 2.73 bits per heavy atom. The van der Waals surface area contributed by atoms with Gasteiger partial charge in [-0.3, -0.25) is 4.99 Å². The zero-order valence-electron chi connectivity index (χ0n) is 13.5. The first-order valence-corrected chi connectivity index (χ1v) is 7.99. The van der Waals surface area contributed by atoms with Crippen molar-refractivity contribution in [2.24, 2.45) is 16.3 Å². The van der Waals surface area contributed by atoms with Gasteiger partial charge in [0.25, 0.3) is 0 Å². The van der Waals surface area contributed by atoms with Crippen molar-refractivity contribution >= 4 is 5.96 Å². The average molecular weight is 321 g/mol. The molecule has 3 atom stereocenters. The van der Waals surface area contributed by atoms with Crippen LogP contribution in [0.15, 0.2) is 4.99 Å². The quantitative estimate of drug-likeness (QED) is 0.618. The number of guanidine groups is 1. The Kier molecular flexibility index (Phi) is 5.25. The maximum atomic E-state index is 12.2. The lowest BCUT2D eigenvalue weighted by Gasteiger charge is -2.60. The molecule has 2 N–H and O–H groups in total. The highest BCUT2D eigenvalue weighted by Crippen LogP contribution is 2.51. The number of alkyl halides is 3. The second-order valence-electron chi connectivity index (χ2n) is 6.67. The van der Waals surface area contributed by atoms with Crippen LogP contribution in [0.25, 0.3) is 0 Å². The van der Waals surface area contributed by atoms with Crippen molar-refractivity contribution in [2.75, 3.05) is 19.7 Å². The molecule has 0 bridgehead atoms. The summed E-state index contributed by atoms with van der Waals surface area (Å²) in [5.41, 5.74) is -0.0364. The average Bonchev–Trinajstić information content (AvgIpc) is 2.43. The molecule has 0 radical (unpaired) electrons. The van der Waals surface area contributed by atoms with Gasteiger partial charge >= 0.3 is 6.18 Å². The molecule has 1 saturated heterocycles. The number of hydrogen-bond donors (Lipinski definition) is 2. The van der Waals surface area contributed by atoms with Crippen molar-refractivity contribution < 1.29 is 17.9 Å². The van der Waals surface area contributed by atoms with Gasteiger partial charge in [0.1, 0.15) is 0 Å². The summed E-state index contributed by atoms with van der Waals surface area (Å²) in [5, 5.41) is 6.35. The third kappa shape index (κ3) is 3.86. The van der Waals surface area contributed by atoms with Gasteiger partial charge in [-0.15, -0.1) is 0 Å². The van der Waals surface area contributed by atoms with E-state index in [9.17, 15) is 13.2 Å². The lowest BCUT2D eigenvalue weighted by molar-refractivity contribution is -0.188. The molecule has 0 amide bonds. The molecule has 1 saturated carbocycles. The summed E-state index contributed by atoms with van der Waals surface area (Å²) in [7, 11) is 0. The number of nitrogens with one attached hydrogen (secondary N) is 2. The first kappa shape index (κ1) is 17.4. The minimum Gasteiger partial charge on any atom is -0.377 e. The molecule has 0 aromatic carbocycles. The van der Waals surface area contributed by atoms with Gasteiger partial charge in [0.05, 0.1) is 19.1 Å². The van der Waals surface area contributed by atoms with Crippen LogP contribution < -0.4 is 10.6 Å². The Hall–Kier alpha value is -0.980. The Labute approximate surface area is 129 Å². The molecule has 7 heteroatoms. The van der Waals surface area contributed by atoms with Crippen molar-refractivity contribution in [2.45, 2.75) is 58.4 Å². The van der Waals surface area contributed by atoms with E-state index in [-0.39, 0.29) is 24.1 Å². The van der Waals surface area contributed by atoms with Crippen LogP contribution >= 0.6 is 0 Å². The predicted octanol–water partition coefficient (Wildman–Crippen LogP) is 2.70. The van der Waals surface area contributed by atoms with Crippen molar-refractivity contribution in [3.05, 3.63) is 0 Å². The molecule has 0 aromatic heterocycles. The zero-order valence-corrected chi connectivity index (χ0v) is 13.5. The molecule has 1 heterocycles. The number of aliphatic imine (C=N–C) groups is 1. The second kappa shape index (κ2) is 6.64. The van der Waals surface area contributed by atoms with E-state index in [1.807, 2.05) is 6.92 Å². The summed E-state index contributed by atoms with van der Waals surface area (Å²) >= 11 is 0. The molecule has 2 aliphatic rings. The van der Waals surface area contributed by atoms with Crippen LogP contribution in [0.4, 0.5) is 13.2 Å². The van der Waals surface area contributed by atoms with Crippen LogP contribution in [-0.4, -0.2) is 44.0 Å². The highest BCUT2D eigenvalue weighted by Gasteiger charge is 2.58. The minimum absolute atomic E-state index is 0.0364. The molecule has 22 heavy (non-hydrogen) atoms. The number of halogens is 3. The largest absolute Gasteiger partial charge is 0.390 e. The fraction of sp³-hybridized carbons (Fsp3) is 0.933. The highest BCUT2D eigenvalue weighted by atomic mass is 19.4. The normalized spacial score (nSPS) is 31.2. The van der Waals surface area contributed by atoms with Crippen LogP contribution in [0.3, 0.4) is 0 Å². The van der Waals surface area contributed by atoms with Gasteiger partial charge in [-0.25, -0.2) is 0 Å². The van der Waals surface area contributed by atoms with Gasteiger partial charge in [-0.1, -0.05) is 13.8 Å². The third-order valence-corrected chi connectivity index (χ3v) is 4.63. The van der Waals surface area contributed by atoms with E-state index >= 15 is 0 Å². The maximum Gasteiger partial charge on any atom is 0.390 e. The monoisotopic (exact) mass is 321 g/mol. The summed E-state index contributed by atoms with van der Waals surface area (Å²) in [6.07, 6.45) is -2.70. The molecule has 2 rings (SSSR count). The molecule has 2 fully saturated rings. The molecule has 0 spiro atoms. The number of fused-ring (bicyclic) bond motifs is 1. The number of ether oxygens (including phenoxy) is 1. The Morgan fingerprint density at radius 2 is 2.09 bits per heavy atom. The Balaban J connectivity index is 1.96. The van der Waals surface area contributed by atoms with Crippen molar-refractivity contribution in [3.8, 4) is 0 Å². The lowest BCUT2D eigenvalue weighted by Crippen LogP contribution is -2.71. The smallest absolute Gasteiger partial charge is 0.377 e. The number of rotatable bonds is 4. The molecule has 128 valence electrons. The molecule has 1 aliphatic heterocycles.